The predicted molar refractivity (Wildman–Crippen MR) is 62.7 cm³/mol. The van der Waals surface area contributed by atoms with Gasteiger partial charge in [-0.1, -0.05) is 24.3 Å². The van der Waals surface area contributed by atoms with Crippen LogP contribution in [-0.2, 0) is 4.79 Å². The highest BCUT2D eigenvalue weighted by atomic mass is 16.2. The van der Waals surface area contributed by atoms with Crippen LogP contribution in [0.25, 0.3) is 0 Å². The van der Waals surface area contributed by atoms with Crippen LogP contribution in [-0.4, -0.2) is 17.3 Å². The second-order valence-corrected chi connectivity index (χ2v) is 4.53. The van der Waals surface area contributed by atoms with E-state index in [1.54, 1.807) is 18.2 Å². The van der Waals surface area contributed by atoms with E-state index < -0.39 is 5.92 Å². The Labute approximate surface area is 98.5 Å². The van der Waals surface area contributed by atoms with Crippen molar-refractivity contribution in [2.45, 2.75) is 12.8 Å². The van der Waals surface area contributed by atoms with Gasteiger partial charge in [-0.25, -0.2) is 0 Å². The molecule has 1 unspecified atom stereocenters. The molecule has 4 nitrogen and oxygen atoms in total. The van der Waals surface area contributed by atoms with Crippen LogP contribution in [0.1, 0.15) is 28.8 Å². The molecule has 1 aromatic carbocycles. The average molecular weight is 228 g/mol. The minimum Gasteiger partial charge on any atom is -0.323 e. The number of nitrogens with two attached hydrogens (primary N) is 1. The molecule has 2 aliphatic carbocycles. The van der Waals surface area contributed by atoms with Gasteiger partial charge in [0.25, 0.3) is 0 Å². The van der Waals surface area contributed by atoms with Crippen molar-refractivity contribution in [1.82, 2.24) is 0 Å². The number of Topliss-reactive ketones (excluding diaryl/α,β-unsaturated/α-hetero) is 2. The van der Waals surface area contributed by atoms with E-state index in [-0.39, 0.29) is 17.5 Å². The molecule has 1 aromatic rings. The lowest BCUT2D eigenvalue weighted by molar-refractivity contribution is -0.120. The van der Waals surface area contributed by atoms with Gasteiger partial charge in [0.1, 0.15) is 5.92 Å². The van der Waals surface area contributed by atoms with Crippen LogP contribution >= 0.6 is 0 Å². The minimum atomic E-state index is -0.759. The van der Waals surface area contributed by atoms with Crippen LogP contribution in [0.2, 0.25) is 0 Å². The summed E-state index contributed by atoms with van der Waals surface area (Å²) >= 11 is 0. The van der Waals surface area contributed by atoms with Gasteiger partial charge in [0.05, 0.1) is 5.71 Å². The molecule has 2 aliphatic rings. The number of benzene rings is 1. The van der Waals surface area contributed by atoms with Crippen LogP contribution in [0.3, 0.4) is 0 Å². The highest BCUT2D eigenvalue weighted by molar-refractivity contribution is 6.37. The zero-order valence-electron chi connectivity index (χ0n) is 9.22. The van der Waals surface area contributed by atoms with Gasteiger partial charge in [-0.2, -0.15) is 5.10 Å². The summed E-state index contributed by atoms with van der Waals surface area (Å²) < 4.78 is 0. The summed E-state index contributed by atoms with van der Waals surface area (Å²) in [6.45, 7) is 0. The Balaban J connectivity index is 2.08. The van der Waals surface area contributed by atoms with Crippen molar-refractivity contribution in [2.24, 2.45) is 22.8 Å². The third-order valence-corrected chi connectivity index (χ3v) is 3.41. The van der Waals surface area contributed by atoms with Gasteiger partial charge < -0.3 is 5.84 Å². The Kier molecular flexibility index (Phi) is 2.11. The molecule has 3 rings (SSSR count). The van der Waals surface area contributed by atoms with E-state index >= 15 is 0 Å². The minimum absolute atomic E-state index is 0.0181. The first-order chi connectivity index (χ1) is 8.24. The van der Waals surface area contributed by atoms with Crippen molar-refractivity contribution < 1.29 is 9.59 Å². The van der Waals surface area contributed by atoms with E-state index in [0.29, 0.717) is 16.8 Å². The van der Waals surface area contributed by atoms with Crippen LogP contribution in [0.4, 0.5) is 0 Å². The maximum absolute atomic E-state index is 12.2. The zero-order valence-corrected chi connectivity index (χ0v) is 9.22. The van der Waals surface area contributed by atoms with E-state index in [1.165, 1.54) is 0 Å². The molecule has 0 saturated heterocycles. The third-order valence-electron chi connectivity index (χ3n) is 3.41. The number of hydrogen-bond donors (Lipinski definition) is 1. The van der Waals surface area contributed by atoms with Crippen molar-refractivity contribution >= 4 is 17.3 Å². The molecule has 4 heteroatoms. The zero-order chi connectivity index (χ0) is 12.0. The maximum Gasteiger partial charge on any atom is 0.180 e. The van der Waals surface area contributed by atoms with E-state index in [4.69, 9.17) is 5.84 Å². The molecule has 0 radical (unpaired) electrons. The number of rotatable bonds is 2. The van der Waals surface area contributed by atoms with Gasteiger partial charge in [-0.15, -0.1) is 0 Å². The molecule has 86 valence electrons. The summed E-state index contributed by atoms with van der Waals surface area (Å²) in [4.78, 5) is 24.3. The van der Waals surface area contributed by atoms with Gasteiger partial charge in [0, 0.05) is 17.0 Å². The summed E-state index contributed by atoms with van der Waals surface area (Å²) in [5.74, 6) is 4.45. The molecule has 17 heavy (non-hydrogen) atoms. The van der Waals surface area contributed by atoms with Crippen LogP contribution in [0.15, 0.2) is 29.4 Å². The first-order valence-corrected chi connectivity index (χ1v) is 5.69. The molecule has 0 heterocycles. The molecule has 1 atom stereocenters. The fourth-order valence-corrected chi connectivity index (χ4v) is 2.37. The highest BCUT2D eigenvalue weighted by Gasteiger charge is 2.46. The van der Waals surface area contributed by atoms with Crippen LogP contribution < -0.4 is 5.84 Å². The summed E-state index contributed by atoms with van der Waals surface area (Å²) in [6, 6.07) is 7.12. The predicted octanol–water partition coefficient (Wildman–Crippen LogP) is 1.14. The molecule has 2 N–H and O–H groups in total. The quantitative estimate of drug-likeness (QED) is 0.468. The van der Waals surface area contributed by atoms with E-state index in [1.807, 2.05) is 6.07 Å². The normalized spacial score (nSPS) is 25.1. The number of carbonyl (C=O) groups is 2. The van der Waals surface area contributed by atoms with Gasteiger partial charge >= 0.3 is 0 Å². The van der Waals surface area contributed by atoms with E-state index in [0.717, 1.165) is 12.8 Å². The first kappa shape index (κ1) is 10.2. The fourth-order valence-electron chi connectivity index (χ4n) is 2.37. The fraction of sp³-hybridized carbons (Fsp3) is 0.308. The lowest BCUT2D eigenvalue weighted by Crippen LogP contribution is -2.28. The lowest BCUT2D eigenvalue weighted by atomic mass is 9.95. The number of carbonyl (C=O) groups excluding carboxylic acids is 2. The molecule has 0 aromatic heterocycles. The van der Waals surface area contributed by atoms with Gasteiger partial charge in [-0.05, 0) is 12.8 Å². The van der Waals surface area contributed by atoms with E-state index in [2.05, 4.69) is 5.10 Å². The largest absolute Gasteiger partial charge is 0.323 e. The topological polar surface area (TPSA) is 72.5 Å². The van der Waals surface area contributed by atoms with Crippen molar-refractivity contribution in [3.05, 3.63) is 35.4 Å². The molecule has 1 fully saturated rings. The second kappa shape index (κ2) is 3.52. The summed E-state index contributed by atoms with van der Waals surface area (Å²) in [5, 5.41) is 3.67. The standard InChI is InChI=1S/C13H12N2O2/c14-15-11-8-3-1-2-4-9(8)13(17)10(11)12(16)7-5-6-7/h1-4,7,10H,5-6,14H2. The lowest BCUT2D eigenvalue weighted by Gasteiger charge is -2.06. The monoisotopic (exact) mass is 228 g/mol. The highest BCUT2D eigenvalue weighted by Crippen LogP contribution is 2.37. The molecular formula is C13H12N2O2. The van der Waals surface area contributed by atoms with Crippen molar-refractivity contribution in [1.29, 1.82) is 0 Å². The number of fused-ring (bicyclic) bond motifs is 1. The number of hydrazone groups is 1. The van der Waals surface area contributed by atoms with Crippen molar-refractivity contribution in [2.75, 3.05) is 0 Å². The number of ketones is 2. The smallest absolute Gasteiger partial charge is 0.180 e. The van der Waals surface area contributed by atoms with Gasteiger partial charge in [-0.3, -0.25) is 9.59 Å². The maximum atomic E-state index is 12.2. The Morgan fingerprint density at radius 2 is 1.88 bits per heavy atom. The molecule has 0 bridgehead atoms. The van der Waals surface area contributed by atoms with Crippen molar-refractivity contribution in [3.63, 3.8) is 0 Å². The molecule has 0 spiro atoms. The van der Waals surface area contributed by atoms with Gasteiger partial charge in [0.2, 0.25) is 0 Å². The summed E-state index contributed by atoms with van der Waals surface area (Å²) in [7, 11) is 0. The summed E-state index contributed by atoms with van der Waals surface area (Å²) in [6.07, 6.45) is 1.77. The Bertz CT molecular complexity index is 544. The first-order valence-electron chi connectivity index (χ1n) is 5.69. The summed E-state index contributed by atoms with van der Waals surface area (Å²) in [5.41, 5.74) is 1.71. The van der Waals surface area contributed by atoms with Gasteiger partial charge in [0.15, 0.2) is 11.6 Å². The third kappa shape index (κ3) is 1.40. The molecule has 1 saturated carbocycles. The number of hydrogen-bond acceptors (Lipinski definition) is 4. The van der Waals surface area contributed by atoms with Crippen molar-refractivity contribution in [3.8, 4) is 0 Å². The SMILES string of the molecule is NN=C1c2ccccc2C(=O)C1C(=O)C1CC1. The molecule has 0 aliphatic heterocycles. The molecular weight excluding hydrogens is 216 g/mol. The average Bonchev–Trinajstić information content (AvgIpc) is 3.15. The Morgan fingerprint density at radius 1 is 1.24 bits per heavy atom. The molecule has 0 amide bonds. The van der Waals surface area contributed by atoms with E-state index in [9.17, 15) is 9.59 Å². The second-order valence-electron chi connectivity index (χ2n) is 4.53. The number of nitrogens with zero attached hydrogens (tertiary/aromatic N) is 1. The van der Waals surface area contributed by atoms with Crippen LogP contribution in [0, 0.1) is 11.8 Å². The Morgan fingerprint density at radius 3 is 2.47 bits per heavy atom. The Hall–Kier alpha value is -1.97. The van der Waals surface area contributed by atoms with Crippen LogP contribution in [0.5, 0.6) is 0 Å².